The van der Waals surface area contributed by atoms with E-state index in [1.165, 1.54) is 0 Å². The first-order valence-corrected chi connectivity index (χ1v) is 5.68. The van der Waals surface area contributed by atoms with Crippen molar-refractivity contribution in [3.05, 3.63) is 24.3 Å². The summed E-state index contributed by atoms with van der Waals surface area (Å²) in [6.45, 7) is 2.02. The third kappa shape index (κ3) is 1.54. The average Bonchev–Trinajstić information content (AvgIpc) is 2.88. The topological polar surface area (TPSA) is 61.8 Å². The number of amides is 1. The second kappa shape index (κ2) is 3.63. The highest BCUT2D eigenvalue weighted by atomic mass is 16.6. The molecule has 0 bridgehead atoms. The van der Waals surface area contributed by atoms with E-state index in [0.717, 1.165) is 19.5 Å². The molecule has 1 spiro atoms. The summed E-state index contributed by atoms with van der Waals surface area (Å²) < 4.78 is 5.16. The molecule has 2 aliphatic heterocycles. The molecule has 0 aromatic heterocycles. The summed E-state index contributed by atoms with van der Waals surface area (Å²) in [6.07, 6.45) is 0.535. The standard InChI is InChI=1S/C12H14N2O3/c15-10-3-1-2-9(6-10)14-11(16)17-8-12(14)4-5-13-7-12/h1-3,6,13,15H,4-5,7-8H2. The van der Waals surface area contributed by atoms with E-state index in [1.807, 2.05) is 6.07 Å². The van der Waals surface area contributed by atoms with Crippen LogP contribution in [0.15, 0.2) is 24.3 Å². The van der Waals surface area contributed by atoms with Gasteiger partial charge in [0.15, 0.2) is 0 Å². The van der Waals surface area contributed by atoms with Crippen molar-refractivity contribution >= 4 is 11.8 Å². The number of rotatable bonds is 1. The Morgan fingerprint density at radius 3 is 3.06 bits per heavy atom. The fourth-order valence-electron chi connectivity index (χ4n) is 2.57. The van der Waals surface area contributed by atoms with Crippen molar-refractivity contribution in [2.24, 2.45) is 0 Å². The van der Waals surface area contributed by atoms with Crippen LogP contribution in [0.4, 0.5) is 10.5 Å². The number of hydrogen-bond donors (Lipinski definition) is 2. The molecule has 5 heteroatoms. The Morgan fingerprint density at radius 1 is 1.47 bits per heavy atom. The third-order valence-electron chi connectivity index (χ3n) is 3.43. The lowest BCUT2D eigenvalue weighted by Gasteiger charge is -2.30. The molecule has 2 N–H and O–H groups in total. The molecular formula is C12H14N2O3. The van der Waals surface area contributed by atoms with Crippen molar-refractivity contribution in [2.75, 3.05) is 24.6 Å². The number of benzene rings is 1. The number of ether oxygens (including phenoxy) is 1. The van der Waals surface area contributed by atoms with Gasteiger partial charge in [0.25, 0.3) is 0 Å². The Balaban J connectivity index is 2.01. The highest BCUT2D eigenvalue weighted by molar-refractivity contribution is 5.92. The molecule has 90 valence electrons. The molecule has 0 aliphatic carbocycles. The molecule has 0 saturated carbocycles. The molecule has 2 heterocycles. The first-order valence-electron chi connectivity index (χ1n) is 5.68. The van der Waals surface area contributed by atoms with Crippen LogP contribution < -0.4 is 10.2 Å². The lowest BCUT2D eigenvalue weighted by atomic mass is 9.98. The molecule has 5 nitrogen and oxygen atoms in total. The molecule has 1 aromatic carbocycles. The molecule has 1 atom stereocenters. The fourth-order valence-corrected chi connectivity index (χ4v) is 2.57. The van der Waals surface area contributed by atoms with E-state index < -0.39 is 0 Å². The normalized spacial score (nSPS) is 27.8. The first-order chi connectivity index (χ1) is 8.21. The number of phenolic OH excluding ortho intramolecular Hbond substituents is 1. The summed E-state index contributed by atoms with van der Waals surface area (Å²) in [4.78, 5) is 13.5. The van der Waals surface area contributed by atoms with Gasteiger partial charge in [-0.25, -0.2) is 4.79 Å². The van der Waals surface area contributed by atoms with Crippen LogP contribution in [0, 0.1) is 0 Å². The van der Waals surface area contributed by atoms with Crippen molar-refractivity contribution in [3.63, 3.8) is 0 Å². The SMILES string of the molecule is O=C1OCC2(CCNC2)N1c1cccc(O)c1. The van der Waals surface area contributed by atoms with Crippen LogP contribution in [0.25, 0.3) is 0 Å². The molecule has 3 rings (SSSR count). The van der Waals surface area contributed by atoms with E-state index in [-0.39, 0.29) is 17.4 Å². The van der Waals surface area contributed by atoms with Gasteiger partial charge in [0, 0.05) is 12.6 Å². The zero-order valence-corrected chi connectivity index (χ0v) is 9.35. The van der Waals surface area contributed by atoms with Crippen LogP contribution in [-0.4, -0.2) is 36.4 Å². The highest BCUT2D eigenvalue weighted by Gasteiger charge is 2.50. The number of anilines is 1. The van der Waals surface area contributed by atoms with Crippen molar-refractivity contribution in [3.8, 4) is 5.75 Å². The minimum Gasteiger partial charge on any atom is -0.508 e. The summed E-state index contributed by atoms with van der Waals surface area (Å²) in [5.74, 6) is 0.156. The Labute approximate surface area is 99.0 Å². The van der Waals surface area contributed by atoms with Gasteiger partial charge in [0.1, 0.15) is 12.4 Å². The highest BCUT2D eigenvalue weighted by Crippen LogP contribution is 2.36. The lowest BCUT2D eigenvalue weighted by Crippen LogP contribution is -2.49. The molecule has 17 heavy (non-hydrogen) atoms. The largest absolute Gasteiger partial charge is 0.508 e. The van der Waals surface area contributed by atoms with Crippen molar-refractivity contribution in [1.29, 1.82) is 0 Å². The maximum Gasteiger partial charge on any atom is 0.415 e. The predicted octanol–water partition coefficient (Wildman–Crippen LogP) is 1.08. The molecule has 1 aromatic rings. The monoisotopic (exact) mass is 234 g/mol. The van der Waals surface area contributed by atoms with Gasteiger partial charge in [0.05, 0.1) is 11.2 Å². The van der Waals surface area contributed by atoms with Gasteiger partial charge in [-0.05, 0) is 25.1 Å². The Morgan fingerprint density at radius 2 is 2.35 bits per heavy atom. The van der Waals surface area contributed by atoms with E-state index in [1.54, 1.807) is 23.1 Å². The smallest absolute Gasteiger partial charge is 0.415 e. The quantitative estimate of drug-likeness (QED) is 0.763. The zero-order chi connectivity index (χ0) is 11.9. The number of nitrogens with one attached hydrogen (secondary N) is 1. The third-order valence-corrected chi connectivity index (χ3v) is 3.43. The lowest BCUT2D eigenvalue weighted by molar-refractivity contribution is 0.174. The molecule has 2 aliphatic rings. The molecule has 1 amide bonds. The van der Waals surface area contributed by atoms with Crippen LogP contribution in [0.5, 0.6) is 5.75 Å². The first kappa shape index (κ1) is 10.4. The van der Waals surface area contributed by atoms with Crippen LogP contribution in [0.1, 0.15) is 6.42 Å². The number of aromatic hydroxyl groups is 1. The Hall–Kier alpha value is -1.75. The number of phenols is 1. The summed E-state index contributed by atoms with van der Waals surface area (Å²) in [5.41, 5.74) is 0.404. The number of carbonyl (C=O) groups is 1. The molecule has 1 unspecified atom stereocenters. The van der Waals surface area contributed by atoms with Gasteiger partial charge in [-0.15, -0.1) is 0 Å². The van der Waals surface area contributed by atoms with Gasteiger partial charge in [-0.2, -0.15) is 0 Å². The van der Waals surface area contributed by atoms with E-state index in [0.29, 0.717) is 12.3 Å². The van der Waals surface area contributed by atoms with Gasteiger partial charge in [-0.1, -0.05) is 6.07 Å². The maximum absolute atomic E-state index is 11.8. The molecular weight excluding hydrogens is 220 g/mol. The maximum atomic E-state index is 11.8. The van der Waals surface area contributed by atoms with Crippen molar-refractivity contribution in [1.82, 2.24) is 5.32 Å². The van der Waals surface area contributed by atoms with E-state index in [2.05, 4.69) is 5.32 Å². The van der Waals surface area contributed by atoms with E-state index >= 15 is 0 Å². The Kier molecular flexibility index (Phi) is 2.22. The number of hydrogen-bond acceptors (Lipinski definition) is 4. The second-order valence-corrected chi connectivity index (χ2v) is 4.56. The number of carbonyl (C=O) groups excluding carboxylic acids is 1. The molecule has 2 saturated heterocycles. The van der Waals surface area contributed by atoms with Crippen LogP contribution in [0.3, 0.4) is 0 Å². The van der Waals surface area contributed by atoms with E-state index in [9.17, 15) is 9.90 Å². The van der Waals surface area contributed by atoms with Gasteiger partial charge < -0.3 is 15.2 Å². The van der Waals surface area contributed by atoms with Crippen LogP contribution >= 0.6 is 0 Å². The number of cyclic esters (lactones) is 1. The number of nitrogens with zero attached hydrogens (tertiary/aromatic N) is 1. The van der Waals surface area contributed by atoms with Gasteiger partial charge in [0.2, 0.25) is 0 Å². The van der Waals surface area contributed by atoms with Crippen LogP contribution in [-0.2, 0) is 4.74 Å². The minimum absolute atomic E-state index is 0.156. The van der Waals surface area contributed by atoms with Gasteiger partial charge in [-0.3, -0.25) is 4.90 Å². The van der Waals surface area contributed by atoms with Crippen LogP contribution in [0.2, 0.25) is 0 Å². The molecule has 0 radical (unpaired) electrons. The van der Waals surface area contributed by atoms with Crippen molar-refractivity contribution in [2.45, 2.75) is 12.0 Å². The van der Waals surface area contributed by atoms with Crippen molar-refractivity contribution < 1.29 is 14.6 Å². The van der Waals surface area contributed by atoms with Gasteiger partial charge >= 0.3 is 6.09 Å². The second-order valence-electron chi connectivity index (χ2n) is 4.56. The zero-order valence-electron chi connectivity index (χ0n) is 9.35. The summed E-state index contributed by atoms with van der Waals surface area (Å²) in [6, 6.07) is 6.72. The minimum atomic E-state index is -0.334. The summed E-state index contributed by atoms with van der Waals surface area (Å²) in [5, 5.41) is 12.8. The Bertz CT molecular complexity index is 455. The fraction of sp³-hybridized carbons (Fsp3) is 0.417. The summed E-state index contributed by atoms with van der Waals surface area (Å²) in [7, 11) is 0. The summed E-state index contributed by atoms with van der Waals surface area (Å²) >= 11 is 0. The predicted molar refractivity (Wildman–Crippen MR) is 62.2 cm³/mol. The molecule has 2 fully saturated rings. The van der Waals surface area contributed by atoms with E-state index in [4.69, 9.17) is 4.74 Å². The average molecular weight is 234 g/mol.